The van der Waals surface area contributed by atoms with Crippen LogP contribution >= 0.6 is 11.3 Å². The highest BCUT2D eigenvalue weighted by Crippen LogP contribution is 2.59. The molecule has 636 valence electrons. The van der Waals surface area contributed by atoms with E-state index >= 15 is 0 Å². The number of aromatic nitrogens is 2. The van der Waals surface area contributed by atoms with Crippen molar-refractivity contribution in [2.24, 2.45) is 0 Å². The third-order valence-corrected chi connectivity index (χ3v) is 31.5. The molecule has 0 radical (unpaired) electrons. The molecule has 0 bridgehead atoms. The Balaban J connectivity index is 0.0000000961. The molecule has 4 aliphatic carbocycles. The SMILES string of the molecule is CC1(C)c2ccccc2-c2ccc(N(c3ccccc3)c3ccc(-n4c5cccc6c5c5c7c(ccc8sc9cccc-6c9c87)ccc54)cc3)cc21.c1cc(-c2ccc3oc4ccc5ccc6oc7cccc8c7c6c5c4c3c2-8)cc(-c2cccc3oc4ccccc4c23)c1.c1ccc(-c2cccc(-c3cccc(-n4c5cccc6c5c5c7c(ccc8oc9cccc-6c9c87)ccc54)c3)c2)cc1. The van der Waals surface area contributed by atoms with Gasteiger partial charge in [0.05, 0.1) is 22.1 Å². The fraction of sp³-hybridized carbons (Fsp3) is 0.0233. The maximum absolute atomic E-state index is 6.52. The Kier molecular flexibility index (Phi) is 15.2. The van der Waals surface area contributed by atoms with E-state index in [-0.39, 0.29) is 5.41 Å². The van der Waals surface area contributed by atoms with Crippen LogP contribution in [0.1, 0.15) is 25.0 Å². The molecule has 0 spiro atoms. The van der Waals surface area contributed by atoms with Crippen LogP contribution < -0.4 is 4.90 Å². The summed E-state index contributed by atoms with van der Waals surface area (Å²) < 4.78 is 33.2. The van der Waals surface area contributed by atoms with Gasteiger partial charge in [-0.1, -0.05) is 275 Å². The van der Waals surface area contributed by atoms with Gasteiger partial charge in [-0.2, -0.15) is 0 Å². The minimum Gasteiger partial charge on any atom is -0.456 e. The second kappa shape index (κ2) is 27.8. The van der Waals surface area contributed by atoms with Crippen molar-refractivity contribution < 1.29 is 17.7 Å². The fourth-order valence-corrected chi connectivity index (χ4v) is 25.8. The average Bonchev–Trinajstić information content (AvgIpc) is 1.54. The third kappa shape index (κ3) is 10.4. The van der Waals surface area contributed by atoms with Crippen molar-refractivity contribution >= 4 is 212 Å². The van der Waals surface area contributed by atoms with Gasteiger partial charge in [-0.25, -0.2) is 0 Å². The van der Waals surface area contributed by atoms with E-state index in [2.05, 4.69) is 434 Å². The van der Waals surface area contributed by atoms with Crippen LogP contribution in [0, 0.1) is 0 Å². The van der Waals surface area contributed by atoms with Gasteiger partial charge in [0.15, 0.2) is 0 Å². The van der Waals surface area contributed by atoms with E-state index in [1.165, 1.54) is 218 Å². The summed E-state index contributed by atoms with van der Waals surface area (Å²) in [6.07, 6.45) is 0. The smallest absolute Gasteiger partial charge is 0.136 e. The zero-order valence-electron chi connectivity index (χ0n) is 74.2. The molecule has 0 unspecified atom stereocenters. The Hall–Kier alpha value is -17.6. The normalized spacial score (nSPS) is 12.9. The number of nitrogens with zero attached hydrogens (tertiary/aromatic N) is 3. The number of hydrogen-bond donors (Lipinski definition) is 0. The minimum atomic E-state index is -0.0722. The number of furan rings is 4. The molecule has 0 atom stereocenters. The maximum atomic E-state index is 6.52. The van der Waals surface area contributed by atoms with Crippen LogP contribution in [-0.4, -0.2) is 9.13 Å². The van der Waals surface area contributed by atoms with Gasteiger partial charge in [0.2, 0.25) is 0 Å². The molecule has 137 heavy (non-hydrogen) atoms. The summed E-state index contributed by atoms with van der Waals surface area (Å²) in [4.78, 5) is 2.40. The summed E-state index contributed by atoms with van der Waals surface area (Å²) >= 11 is 1.91. The predicted molar refractivity (Wildman–Crippen MR) is 573 cm³/mol. The number of anilines is 3. The molecule has 0 aliphatic heterocycles. The number of para-hydroxylation sites is 2. The van der Waals surface area contributed by atoms with E-state index in [1.807, 2.05) is 23.5 Å². The van der Waals surface area contributed by atoms with E-state index in [0.29, 0.717) is 0 Å². The number of benzene rings is 22. The van der Waals surface area contributed by atoms with E-state index in [1.54, 1.807) is 0 Å². The molecule has 7 aromatic heterocycles. The van der Waals surface area contributed by atoms with Crippen molar-refractivity contribution in [2.75, 3.05) is 4.90 Å². The summed E-state index contributed by atoms with van der Waals surface area (Å²) in [5.41, 5.74) is 40.5. The number of thiophene rings is 1. The van der Waals surface area contributed by atoms with Crippen LogP contribution in [0.2, 0.25) is 0 Å². The molecule has 0 N–H and O–H groups in total. The van der Waals surface area contributed by atoms with Crippen LogP contribution in [0.4, 0.5) is 17.1 Å². The first-order valence-electron chi connectivity index (χ1n) is 47.1. The number of rotatable bonds is 9. The average molecular weight is 1760 g/mol. The third-order valence-electron chi connectivity index (χ3n) is 30.4. The van der Waals surface area contributed by atoms with Gasteiger partial charge >= 0.3 is 0 Å². The second-order valence-corrected chi connectivity index (χ2v) is 38.9. The van der Waals surface area contributed by atoms with Crippen LogP contribution in [0.5, 0.6) is 0 Å². The lowest BCUT2D eigenvalue weighted by atomic mass is 9.82. The standard InChI is InChI=1S/C49H32N2S.C40H23NO.C40H20O3/c1-49(2)38-15-7-6-12-34(38)35-25-24-33(28-39(35)49)50(30-10-4-3-5-11-30)31-20-22-32(23-21-31)51-40-16-8-13-36-37-14-9-17-42-46(37)48-43(52-42)27-19-29-18-26-41(51)47(44(29)48)45(36)40;1-2-8-24(9-3-1)26-10-4-11-27(22-26)28-12-5-13-29(23-28)41-32-16-6-14-30-31-15-7-17-34-38(31)40-35(42-34)21-19-25-18-20-33(41)39(36(25)40)37(30)32;1-2-11-28-26(8-1)35-24(9-4-12-29(35)41-28)22-6-3-7-23(20-22)25-16-19-33-40-36(25)27-10-5-13-30-37(27)38-31(42-30)17-14-21-15-18-32(43-33)39(40)34(21)38/h3-28H,1-2H3;1-23H;1-20H. The van der Waals surface area contributed by atoms with E-state index < -0.39 is 0 Å². The summed E-state index contributed by atoms with van der Waals surface area (Å²) in [7, 11) is 0. The van der Waals surface area contributed by atoms with Gasteiger partial charge in [-0.15, -0.1) is 11.3 Å². The molecule has 0 saturated heterocycles. The monoisotopic (exact) mass is 1760 g/mol. The van der Waals surface area contributed by atoms with Crippen molar-refractivity contribution in [2.45, 2.75) is 19.3 Å². The molecule has 7 nitrogen and oxygen atoms in total. The molecule has 0 amide bonds. The van der Waals surface area contributed by atoms with Gasteiger partial charge in [-0.3, -0.25) is 0 Å². The zero-order valence-corrected chi connectivity index (χ0v) is 75.0. The van der Waals surface area contributed by atoms with Gasteiger partial charge in [-0.05, 0) is 268 Å². The number of hydrogen-bond acceptors (Lipinski definition) is 6. The lowest BCUT2D eigenvalue weighted by Crippen LogP contribution is -2.16. The van der Waals surface area contributed by atoms with Crippen LogP contribution in [0.15, 0.2) is 436 Å². The quantitative estimate of drug-likeness (QED) is 0.144. The van der Waals surface area contributed by atoms with Crippen LogP contribution in [0.3, 0.4) is 0 Å². The van der Waals surface area contributed by atoms with Crippen molar-refractivity contribution in [3.05, 3.63) is 430 Å². The second-order valence-electron chi connectivity index (χ2n) is 37.8. The van der Waals surface area contributed by atoms with Crippen molar-refractivity contribution in [1.82, 2.24) is 9.13 Å². The van der Waals surface area contributed by atoms with Gasteiger partial charge in [0.1, 0.15) is 44.7 Å². The molecular formula is C129H75N3O4S. The Labute approximate surface area is 787 Å². The van der Waals surface area contributed by atoms with Crippen molar-refractivity contribution in [3.8, 4) is 100 Å². The summed E-state index contributed by atoms with van der Waals surface area (Å²) in [6.45, 7) is 4.71. The van der Waals surface area contributed by atoms with E-state index in [9.17, 15) is 0 Å². The number of fused-ring (bicyclic) bond motifs is 9. The van der Waals surface area contributed by atoms with Crippen LogP contribution in [0.25, 0.3) is 284 Å². The van der Waals surface area contributed by atoms with Gasteiger partial charge in [0.25, 0.3) is 0 Å². The highest BCUT2D eigenvalue weighted by atomic mass is 32.1. The zero-order chi connectivity index (χ0) is 89.5. The molecule has 29 aromatic rings. The highest BCUT2D eigenvalue weighted by Gasteiger charge is 2.37. The van der Waals surface area contributed by atoms with Gasteiger partial charge < -0.3 is 31.7 Å². The maximum Gasteiger partial charge on any atom is 0.136 e. The Bertz CT molecular complexity index is 10400. The first-order chi connectivity index (χ1) is 67.7. The summed E-state index contributed by atoms with van der Waals surface area (Å²) in [5.74, 6) is 0. The van der Waals surface area contributed by atoms with E-state index in [0.717, 1.165) is 94.9 Å². The molecular weight excluding hydrogens is 1690 g/mol. The molecule has 33 rings (SSSR count). The lowest BCUT2D eigenvalue weighted by molar-refractivity contribution is 0.660. The molecule has 8 heteroatoms. The molecule has 0 fully saturated rings. The van der Waals surface area contributed by atoms with Crippen molar-refractivity contribution in [3.63, 3.8) is 0 Å². The Morgan fingerprint density at radius 2 is 0.628 bits per heavy atom. The molecule has 22 aromatic carbocycles. The lowest BCUT2D eigenvalue weighted by Gasteiger charge is -2.28. The molecule has 0 saturated carbocycles. The highest BCUT2D eigenvalue weighted by molar-refractivity contribution is 7.26. The first-order valence-corrected chi connectivity index (χ1v) is 48.0. The summed E-state index contributed by atoms with van der Waals surface area (Å²) in [5, 5.41) is 25.2. The fourth-order valence-electron chi connectivity index (χ4n) is 24.6. The Morgan fingerprint density at radius 3 is 1.33 bits per heavy atom. The molecule has 7 heterocycles. The first kappa shape index (κ1) is 75.0. The van der Waals surface area contributed by atoms with E-state index in [4.69, 9.17) is 17.7 Å². The predicted octanol–water partition coefficient (Wildman–Crippen LogP) is 37.1. The van der Waals surface area contributed by atoms with Crippen molar-refractivity contribution in [1.29, 1.82) is 0 Å². The van der Waals surface area contributed by atoms with Crippen LogP contribution in [-0.2, 0) is 5.41 Å². The largest absolute Gasteiger partial charge is 0.456 e. The molecule has 4 aliphatic rings. The van der Waals surface area contributed by atoms with Gasteiger partial charge in [0, 0.05) is 140 Å². The Morgan fingerprint density at radius 1 is 0.212 bits per heavy atom. The summed E-state index contributed by atoms with van der Waals surface area (Å²) in [6, 6.07) is 152. The topological polar surface area (TPSA) is 65.7 Å². The minimum absolute atomic E-state index is 0.0722.